The van der Waals surface area contributed by atoms with E-state index in [2.05, 4.69) is 15.0 Å². The number of halogens is 1. The van der Waals surface area contributed by atoms with Gasteiger partial charge in [-0.2, -0.15) is 0 Å². The van der Waals surface area contributed by atoms with Crippen LogP contribution in [-0.4, -0.2) is 31.8 Å². The lowest BCUT2D eigenvalue weighted by atomic mass is 10.1. The van der Waals surface area contributed by atoms with Gasteiger partial charge in [-0.05, 0) is 57.2 Å². The molecule has 7 heteroatoms. The molecule has 2 aromatic heterocycles. The first-order valence-electron chi connectivity index (χ1n) is 9.69. The number of fused-ring (bicyclic) bond motifs is 2. The number of nitrogens with zero attached hydrogens (tertiary/aromatic N) is 3. The highest BCUT2D eigenvalue weighted by Crippen LogP contribution is 2.22. The summed E-state index contributed by atoms with van der Waals surface area (Å²) in [5.41, 5.74) is 2.31. The monoisotopic (exact) mass is 420 g/mol. The summed E-state index contributed by atoms with van der Waals surface area (Å²) in [7, 11) is 0. The maximum Gasteiger partial charge on any atom is 0.258 e. The fourth-order valence-electron chi connectivity index (χ4n) is 3.47. The Morgan fingerprint density at radius 3 is 2.63 bits per heavy atom. The molecule has 0 aliphatic rings. The largest absolute Gasteiger partial charge is 0.329 e. The Balaban J connectivity index is 1.73. The van der Waals surface area contributed by atoms with Crippen molar-refractivity contribution >= 4 is 39.3 Å². The van der Waals surface area contributed by atoms with Crippen molar-refractivity contribution in [1.82, 2.24) is 19.9 Å². The van der Waals surface area contributed by atoms with Gasteiger partial charge in [-0.25, -0.2) is 4.98 Å². The number of carbonyl (C=O) groups is 1. The zero-order valence-electron chi connectivity index (χ0n) is 16.9. The summed E-state index contributed by atoms with van der Waals surface area (Å²) in [6.45, 7) is 5.86. The maximum absolute atomic E-state index is 13.4. The van der Waals surface area contributed by atoms with Gasteiger partial charge >= 0.3 is 0 Å². The lowest BCUT2D eigenvalue weighted by Gasteiger charge is -2.27. The molecule has 0 unspecified atom stereocenters. The number of amides is 1. The SMILES string of the molecule is Cc1nc2ccc(Cl)cc2cc1C(=O)N(Cc1nc2ccccc2c(=O)[nH]1)C(C)C. The third kappa shape index (κ3) is 3.78. The van der Waals surface area contributed by atoms with E-state index >= 15 is 0 Å². The highest BCUT2D eigenvalue weighted by Gasteiger charge is 2.23. The number of hydrogen-bond donors (Lipinski definition) is 1. The highest BCUT2D eigenvalue weighted by molar-refractivity contribution is 6.31. The van der Waals surface area contributed by atoms with Crippen LogP contribution in [0.25, 0.3) is 21.8 Å². The predicted octanol–water partition coefficient (Wildman–Crippen LogP) is 4.48. The van der Waals surface area contributed by atoms with Gasteiger partial charge in [-0.15, -0.1) is 0 Å². The fraction of sp³-hybridized carbons (Fsp3) is 0.217. The molecule has 4 aromatic rings. The minimum atomic E-state index is -0.218. The second kappa shape index (κ2) is 7.88. The number of H-pyrrole nitrogens is 1. The first kappa shape index (κ1) is 20.0. The van der Waals surface area contributed by atoms with E-state index in [0.717, 1.165) is 10.9 Å². The zero-order chi connectivity index (χ0) is 21.4. The molecule has 0 aliphatic heterocycles. The first-order chi connectivity index (χ1) is 14.3. The van der Waals surface area contributed by atoms with E-state index in [1.54, 1.807) is 35.2 Å². The molecular weight excluding hydrogens is 400 g/mol. The van der Waals surface area contributed by atoms with Crippen LogP contribution in [0.3, 0.4) is 0 Å². The molecule has 30 heavy (non-hydrogen) atoms. The van der Waals surface area contributed by atoms with E-state index in [-0.39, 0.29) is 24.1 Å². The van der Waals surface area contributed by atoms with Crippen molar-refractivity contribution in [2.24, 2.45) is 0 Å². The van der Waals surface area contributed by atoms with E-state index in [1.807, 2.05) is 39.0 Å². The van der Waals surface area contributed by atoms with Gasteiger partial charge in [0.25, 0.3) is 11.5 Å². The van der Waals surface area contributed by atoms with E-state index in [0.29, 0.717) is 33.0 Å². The average Bonchev–Trinajstić information content (AvgIpc) is 2.71. The van der Waals surface area contributed by atoms with E-state index in [4.69, 9.17) is 11.6 Å². The molecule has 0 fully saturated rings. The van der Waals surface area contributed by atoms with Crippen LogP contribution >= 0.6 is 11.6 Å². The normalized spacial score (nSPS) is 11.4. The number of aryl methyl sites for hydroxylation is 1. The summed E-state index contributed by atoms with van der Waals surface area (Å²) in [5, 5.41) is 1.91. The Kier molecular flexibility index (Phi) is 5.26. The minimum Gasteiger partial charge on any atom is -0.329 e. The molecule has 0 saturated carbocycles. The quantitative estimate of drug-likeness (QED) is 0.527. The summed E-state index contributed by atoms with van der Waals surface area (Å²) >= 11 is 6.11. The Morgan fingerprint density at radius 1 is 1.10 bits per heavy atom. The van der Waals surface area contributed by atoms with Crippen LogP contribution in [0.4, 0.5) is 0 Å². The third-order valence-electron chi connectivity index (χ3n) is 5.06. The van der Waals surface area contributed by atoms with Crippen molar-refractivity contribution in [3.05, 3.63) is 81.0 Å². The number of rotatable bonds is 4. The summed E-state index contributed by atoms with van der Waals surface area (Å²) in [5.74, 6) is 0.267. The Hall–Kier alpha value is -3.25. The molecular formula is C23H21ClN4O2. The topological polar surface area (TPSA) is 79.0 Å². The molecule has 4 rings (SSSR count). The van der Waals surface area contributed by atoms with Crippen molar-refractivity contribution in [2.75, 3.05) is 0 Å². The highest BCUT2D eigenvalue weighted by atomic mass is 35.5. The second-order valence-electron chi connectivity index (χ2n) is 7.51. The van der Waals surface area contributed by atoms with E-state index in [1.165, 1.54) is 0 Å². The standard InChI is InChI=1S/C23H21ClN4O2/c1-13(2)28(12-21-26-20-7-5-4-6-17(20)22(29)27-21)23(30)18-11-15-10-16(24)8-9-19(15)25-14(18)3/h4-11,13H,12H2,1-3H3,(H,26,27,29). The van der Waals surface area contributed by atoms with Crippen LogP contribution < -0.4 is 5.56 Å². The van der Waals surface area contributed by atoms with Crippen molar-refractivity contribution in [1.29, 1.82) is 0 Å². The molecule has 0 saturated heterocycles. The number of para-hydroxylation sites is 1. The lowest BCUT2D eigenvalue weighted by molar-refractivity contribution is 0.0684. The van der Waals surface area contributed by atoms with Crippen molar-refractivity contribution in [3.8, 4) is 0 Å². The van der Waals surface area contributed by atoms with Gasteiger partial charge in [0.05, 0.1) is 34.2 Å². The van der Waals surface area contributed by atoms with Gasteiger partial charge < -0.3 is 9.88 Å². The second-order valence-corrected chi connectivity index (χ2v) is 7.95. The number of aromatic amines is 1. The van der Waals surface area contributed by atoms with Gasteiger partial charge in [0.2, 0.25) is 0 Å². The summed E-state index contributed by atoms with van der Waals surface area (Å²) in [4.78, 5) is 39.4. The molecule has 1 N–H and O–H groups in total. The van der Waals surface area contributed by atoms with Gasteiger partial charge in [-0.3, -0.25) is 14.6 Å². The summed E-state index contributed by atoms with van der Waals surface area (Å²) < 4.78 is 0. The molecule has 0 radical (unpaired) electrons. The van der Waals surface area contributed by atoms with Gasteiger partial charge in [0.1, 0.15) is 5.82 Å². The summed E-state index contributed by atoms with van der Waals surface area (Å²) in [6.07, 6.45) is 0. The number of pyridine rings is 1. The molecule has 0 spiro atoms. The number of hydrogen-bond acceptors (Lipinski definition) is 4. The number of benzene rings is 2. The van der Waals surface area contributed by atoms with Crippen molar-refractivity contribution in [3.63, 3.8) is 0 Å². The van der Waals surface area contributed by atoms with Crippen LogP contribution in [0.5, 0.6) is 0 Å². The average molecular weight is 421 g/mol. The first-order valence-corrected chi connectivity index (χ1v) is 10.1. The third-order valence-corrected chi connectivity index (χ3v) is 5.30. The summed E-state index contributed by atoms with van der Waals surface area (Å²) in [6, 6.07) is 14.3. The Morgan fingerprint density at radius 2 is 1.87 bits per heavy atom. The van der Waals surface area contributed by atoms with E-state index in [9.17, 15) is 9.59 Å². The van der Waals surface area contributed by atoms with Crippen LogP contribution in [0.1, 0.15) is 35.7 Å². The zero-order valence-corrected chi connectivity index (χ0v) is 17.7. The van der Waals surface area contributed by atoms with E-state index < -0.39 is 0 Å². The van der Waals surface area contributed by atoms with Gasteiger partial charge in [0.15, 0.2) is 0 Å². The molecule has 1 amide bonds. The predicted molar refractivity (Wildman–Crippen MR) is 119 cm³/mol. The fourth-order valence-corrected chi connectivity index (χ4v) is 3.66. The Bertz CT molecular complexity index is 1330. The molecule has 6 nitrogen and oxygen atoms in total. The minimum absolute atomic E-state index is 0.108. The van der Waals surface area contributed by atoms with Gasteiger partial charge in [0, 0.05) is 16.5 Å². The molecule has 0 atom stereocenters. The number of aromatic nitrogens is 3. The molecule has 0 aliphatic carbocycles. The van der Waals surface area contributed by atoms with Crippen LogP contribution in [0.15, 0.2) is 53.3 Å². The maximum atomic E-state index is 13.4. The smallest absolute Gasteiger partial charge is 0.258 e. The lowest BCUT2D eigenvalue weighted by Crippen LogP contribution is -2.38. The van der Waals surface area contributed by atoms with Crippen molar-refractivity contribution < 1.29 is 4.79 Å². The van der Waals surface area contributed by atoms with Crippen LogP contribution in [-0.2, 0) is 6.54 Å². The molecule has 152 valence electrons. The number of carbonyl (C=O) groups excluding carboxylic acids is 1. The van der Waals surface area contributed by atoms with Gasteiger partial charge in [-0.1, -0.05) is 23.7 Å². The molecule has 0 bridgehead atoms. The Labute approximate surface area is 178 Å². The molecule has 2 heterocycles. The molecule has 2 aromatic carbocycles. The van der Waals surface area contributed by atoms with Crippen LogP contribution in [0, 0.1) is 6.92 Å². The van der Waals surface area contributed by atoms with Crippen molar-refractivity contribution in [2.45, 2.75) is 33.4 Å². The van der Waals surface area contributed by atoms with Crippen LogP contribution in [0.2, 0.25) is 5.02 Å². The number of nitrogens with one attached hydrogen (secondary N) is 1.